The van der Waals surface area contributed by atoms with E-state index in [0.717, 1.165) is 0 Å². The average molecular weight is 154 g/mol. The minimum absolute atomic E-state index is 0.481. The van der Waals surface area contributed by atoms with Gasteiger partial charge in [0, 0.05) is 13.1 Å². The minimum Gasteiger partial charge on any atom is -0.378 e. The largest absolute Gasteiger partial charge is 0.378 e. The second-order valence-electron chi connectivity index (χ2n) is 2.30. The number of nitrogens with zero attached hydrogens (tertiary/aromatic N) is 1. The Kier molecular flexibility index (Phi) is 5.80. The van der Waals surface area contributed by atoms with Crippen molar-refractivity contribution in [1.29, 1.82) is 0 Å². The van der Waals surface area contributed by atoms with Crippen LogP contribution in [0.2, 0.25) is 0 Å². The third-order valence-electron chi connectivity index (χ3n) is 1.41. The van der Waals surface area contributed by atoms with Gasteiger partial charge in [-0.25, -0.2) is 0 Å². The summed E-state index contributed by atoms with van der Waals surface area (Å²) >= 11 is 0. The average Bonchev–Trinajstić information content (AvgIpc) is 2.03. The topological polar surface area (TPSA) is 23.5 Å². The molecule has 0 aromatic carbocycles. The molecule has 1 atom stereocenters. The maximum Gasteiger partial charge on any atom is 0.107 e. The predicted octanol–water partition coefficient (Wildman–Crippen LogP) is 1.20. The van der Waals surface area contributed by atoms with Crippen LogP contribution in [0.5, 0.6) is 0 Å². The van der Waals surface area contributed by atoms with Crippen molar-refractivity contribution in [2.45, 2.75) is 12.6 Å². The monoisotopic (exact) mass is 154 g/mol. The van der Waals surface area contributed by atoms with Gasteiger partial charge in [0.25, 0.3) is 0 Å². The van der Waals surface area contributed by atoms with Crippen LogP contribution in [0.1, 0.15) is 6.42 Å². The van der Waals surface area contributed by atoms with E-state index in [4.69, 9.17) is 0 Å². The second-order valence-corrected chi connectivity index (χ2v) is 2.30. The van der Waals surface area contributed by atoms with Gasteiger partial charge in [-0.1, -0.05) is 12.2 Å². The van der Waals surface area contributed by atoms with Crippen LogP contribution in [0.15, 0.2) is 25.3 Å². The van der Waals surface area contributed by atoms with Gasteiger partial charge < -0.3 is 5.11 Å². The number of aliphatic hydroxyl groups excluding tert-OH is 1. The van der Waals surface area contributed by atoms with Crippen molar-refractivity contribution in [3.05, 3.63) is 32.2 Å². The molecule has 0 aliphatic heterocycles. The van der Waals surface area contributed by atoms with Crippen molar-refractivity contribution in [1.82, 2.24) is 4.90 Å². The maximum absolute atomic E-state index is 9.35. The molecule has 11 heavy (non-hydrogen) atoms. The molecule has 0 fully saturated rings. The molecular formula is C9H16NO. The first kappa shape index (κ1) is 10.4. The molecule has 0 heterocycles. The van der Waals surface area contributed by atoms with Crippen LogP contribution < -0.4 is 0 Å². The number of hydrogen-bond donors (Lipinski definition) is 1. The van der Waals surface area contributed by atoms with Gasteiger partial charge >= 0.3 is 0 Å². The predicted molar refractivity (Wildman–Crippen MR) is 47.9 cm³/mol. The fraction of sp³-hybridized carbons (Fsp3) is 0.444. The molecule has 0 saturated heterocycles. The summed E-state index contributed by atoms with van der Waals surface area (Å²) in [7, 11) is 0. The van der Waals surface area contributed by atoms with Crippen molar-refractivity contribution < 1.29 is 5.11 Å². The van der Waals surface area contributed by atoms with Crippen LogP contribution >= 0.6 is 0 Å². The summed E-state index contributed by atoms with van der Waals surface area (Å²) in [6.45, 7) is 12.1. The highest BCUT2D eigenvalue weighted by Gasteiger charge is 2.08. The van der Waals surface area contributed by atoms with Gasteiger partial charge in [0.2, 0.25) is 0 Å². The molecule has 2 heteroatoms. The zero-order valence-corrected chi connectivity index (χ0v) is 6.87. The second kappa shape index (κ2) is 6.13. The zero-order valence-electron chi connectivity index (χ0n) is 6.87. The van der Waals surface area contributed by atoms with E-state index in [1.54, 1.807) is 12.2 Å². The number of aliphatic hydroxyl groups is 1. The summed E-state index contributed by atoms with van der Waals surface area (Å²) in [6, 6.07) is 0. The third-order valence-corrected chi connectivity index (χ3v) is 1.41. The van der Waals surface area contributed by atoms with Crippen LogP contribution in [-0.2, 0) is 0 Å². The molecule has 0 saturated carbocycles. The Labute approximate surface area is 68.8 Å². The first-order valence-electron chi connectivity index (χ1n) is 3.69. The van der Waals surface area contributed by atoms with Gasteiger partial charge in [0.1, 0.15) is 6.23 Å². The third kappa shape index (κ3) is 3.96. The molecule has 1 unspecified atom stereocenters. The Hall–Kier alpha value is -0.600. The number of rotatable bonds is 6. The van der Waals surface area contributed by atoms with E-state index < -0.39 is 6.23 Å². The van der Waals surface area contributed by atoms with Gasteiger partial charge in [-0.2, -0.15) is 0 Å². The van der Waals surface area contributed by atoms with E-state index in [-0.39, 0.29) is 0 Å². The molecule has 0 aliphatic carbocycles. The molecule has 0 aliphatic rings. The fourth-order valence-corrected chi connectivity index (χ4v) is 0.832. The Morgan fingerprint density at radius 3 is 2.00 bits per heavy atom. The maximum atomic E-state index is 9.35. The Balaban J connectivity index is 3.84. The first-order valence-corrected chi connectivity index (χ1v) is 3.69. The van der Waals surface area contributed by atoms with Gasteiger partial charge in [-0.15, -0.1) is 13.2 Å². The summed E-state index contributed by atoms with van der Waals surface area (Å²) in [5.41, 5.74) is 0. The van der Waals surface area contributed by atoms with E-state index in [1.165, 1.54) is 0 Å². The molecule has 0 aromatic heterocycles. The molecule has 0 aromatic rings. The normalized spacial score (nSPS) is 13.0. The highest BCUT2D eigenvalue weighted by molar-refractivity contribution is 4.81. The van der Waals surface area contributed by atoms with E-state index in [1.807, 2.05) is 4.90 Å². The molecular weight excluding hydrogens is 138 g/mol. The van der Waals surface area contributed by atoms with Crippen molar-refractivity contribution in [2.75, 3.05) is 13.1 Å². The lowest BCUT2D eigenvalue weighted by atomic mass is 10.3. The fourth-order valence-electron chi connectivity index (χ4n) is 0.832. The van der Waals surface area contributed by atoms with Crippen LogP contribution in [0.25, 0.3) is 0 Å². The molecule has 0 spiro atoms. The van der Waals surface area contributed by atoms with E-state index in [9.17, 15) is 5.11 Å². The highest BCUT2D eigenvalue weighted by atomic mass is 16.3. The minimum atomic E-state index is -0.481. The first-order chi connectivity index (χ1) is 5.26. The summed E-state index contributed by atoms with van der Waals surface area (Å²) < 4.78 is 0. The van der Waals surface area contributed by atoms with Gasteiger partial charge in [-0.05, 0) is 13.3 Å². The van der Waals surface area contributed by atoms with Crippen molar-refractivity contribution in [3.8, 4) is 0 Å². The van der Waals surface area contributed by atoms with Gasteiger partial charge in [0.15, 0.2) is 0 Å². The summed E-state index contributed by atoms with van der Waals surface area (Å²) in [5.74, 6) is 0. The van der Waals surface area contributed by atoms with Crippen LogP contribution in [0, 0.1) is 6.92 Å². The van der Waals surface area contributed by atoms with Crippen LogP contribution in [0.3, 0.4) is 0 Å². The lowest BCUT2D eigenvalue weighted by molar-refractivity contribution is 0.0220. The molecule has 0 bridgehead atoms. The van der Waals surface area contributed by atoms with Gasteiger partial charge in [-0.3, -0.25) is 4.90 Å². The Morgan fingerprint density at radius 1 is 1.27 bits per heavy atom. The molecule has 0 rings (SSSR count). The van der Waals surface area contributed by atoms with Gasteiger partial charge in [0.05, 0.1) is 0 Å². The Morgan fingerprint density at radius 2 is 1.73 bits per heavy atom. The van der Waals surface area contributed by atoms with Crippen LogP contribution in [-0.4, -0.2) is 29.3 Å². The van der Waals surface area contributed by atoms with Crippen molar-refractivity contribution >= 4 is 0 Å². The van der Waals surface area contributed by atoms with Crippen molar-refractivity contribution in [2.24, 2.45) is 0 Å². The summed E-state index contributed by atoms with van der Waals surface area (Å²) in [4.78, 5) is 1.84. The highest BCUT2D eigenvalue weighted by Crippen LogP contribution is 1.99. The standard InChI is InChI=1S/C9H16NO/c1-4-7-10(8-5-2)9(11)6-3/h4-5,9,11H,1-3,6-8H2. The van der Waals surface area contributed by atoms with E-state index >= 15 is 0 Å². The van der Waals surface area contributed by atoms with Crippen LogP contribution in [0.4, 0.5) is 0 Å². The Bertz CT molecular complexity index is 113. The van der Waals surface area contributed by atoms with E-state index in [2.05, 4.69) is 20.1 Å². The number of hydrogen-bond acceptors (Lipinski definition) is 2. The molecule has 63 valence electrons. The summed E-state index contributed by atoms with van der Waals surface area (Å²) in [6.07, 6.45) is 3.51. The molecule has 0 amide bonds. The van der Waals surface area contributed by atoms with E-state index in [0.29, 0.717) is 19.5 Å². The molecule has 1 radical (unpaired) electrons. The quantitative estimate of drug-likeness (QED) is 0.459. The molecule has 2 nitrogen and oxygen atoms in total. The smallest absolute Gasteiger partial charge is 0.107 e. The SMILES string of the molecule is [CH2]CC(O)N(CC=C)CC=C. The lowest BCUT2D eigenvalue weighted by Crippen LogP contribution is -2.34. The lowest BCUT2D eigenvalue weighted by Gasteiger charge is -2.23. The van der Waals surface area contributed by atoms with Crippen molar-refractivity contribution in [3.63, 3.8) is 0 Å². The zero-order chi connectivity index (χ0) is 8.69. The summed E-state index contributed by atoms with van der Waals surface area (Å²) in [5, 5.41) is 9.35. The molecule has 1 N–H and O–H groups in total.